The summed E-state index contributed by atoms with van der Waals surface area (Å²) in [4.78, 5) is 39.9. The van der Waals surface area contributed by atoms with Gasteiger partial charge in [0.05, 0.1) is 13.5 Å². The smallest absolute Gasteiger partial charge is 0.245 e. The van der Waals surface area contributed by atoms with Crippen molar-refractivity contribution in [2.75, 3.05) is 33.3 Å². The first-order valence-corrected chi connectivity index (χ1v) is 8.97. The number of carbonyl (C=O) groups excluding carboxylic acids is 3. The summed E-state index contributed by atoms with van der Waals surface area (Å²) in [6.07, 6.45) is 1.26. The van der Waals surface area contributed by atoms with E-state index in [-0.39, 0.29) is 24.1 Å². The number of hydrogen-bond acceptors (Lipinski definition) is 4. The summed E-state index contributed by atoms with van der Waals surface area (Å²) < 4.78 is 5.34. The molecule has 26 heavy (non-hydrogen) atoms. The quantitative estimate of drug-likeness (QED) is 0.849. The second-order valence-electron chi connectivity index (χ2n) is 6.86. The van der Waals surface area contributed by atoms with Gasteiger partial charge in [0.25, 0.3) is 0 Å². The highest BCUT2D eigenvalue weighted by Crippen LogP contribution is 2.21. The Balaban J connectivity index is 1.55. The standard InChI is InChI=1S/C19H25N3O4/c1-13-3-5-16(26-2)14(11-13)12-18(24)21-7-9-22(10-8-21)19(25)15-4-6-17(23)20-15/h3,5,11,15H,4,6-10,12H2,1-2H3,(H,20,23). The number of hydrogen-bond donors (Lipinski definition) is 1. The summed E-state index contributed by atoms with van der Waals surface area (Å²) in [5.74, 6) is 0.650. The maximum absolute atomic E-state index is 12.6. The van der Waals surface area contributed by atoms with Gasteiger partial charge in [0, 0.05) is 38.2 Å². The molecule has 140 valence electrons. The average Bonchev–Trinajstić information content (AvgIpc) is 3.08. The van der Waals surface area contributed by atoms with Crippen LogP contribution in [-0.4, -0.2) is 66.9 Å². The maximum atomic E-state index is 12.6. The molecule has 0 saturated carbocycles. The van der Waals surface area contributed by atoms with E-state index in [1.54, 1.807) is 16.9 Å². The minimum Gasteiger partial charge on any atom is -0.496 e. The Kier molecular flexibility index (Phi) is 5.44. The molecule has 0 spiro atoms. The number of benzene rings is 1. The van der Waals surface area contributed by atoms with E-state index in [1.165, 1.54) is 0 Å². The van der Waals surface area contributed by atoms with Gasteiger partial charge in [-0.25, -0.2) is 0 Å². The zero-order valence-corrected chi connectivity index (χ0v) is 15.3. The number of piperazine rings is 1. The fourth-order valence-corrected chi connectivity index (χ4v) is 3.52. The van der Waals surface area contributed by atoms with Crippen LogP contribution < -0.4 is 10.1 Å². The van der Waals surface area contributed by atoms with Gasteiger partial charge in [-0.2, -0.15) is 0 Å². The zero-order chi connectivity index (χ0) is 18.7. The molecule has 0 aliphatic carbocycles. The molecule has 0 bridgehead atoms. The lowest BCUT2D eigenvalue weighted by molar-refractivity contribution is -0.140. The van der Waals surface area contributed by atoms with Crippen molar-refractivity contribution in [2.24, 2.45) is 0 Å². The molecule has 2 heterocycles. The Labute approximate surface area is 153 Å². The molecule has 0 radical (unpaired) electrons. The van der Waals surface area contributed by atoms with Crippen LogP contribution >= 0.6 is 0 Å². The van der Waals surface area contributed by atoms with Gasteiger partial charge in [-0.15, -0.1) is 0 Å². The molecule has 7 heteroatoms. The maximum Gasteiger partial charge on any atom is 0.245 e. The molecule has 2 aliphatic rings. The van der Waals surface area contributed by atoms with E-state index in [2.05, 4.69) is 5.32 Å². The fourth-order valence-electron chi connectivity index (χ4n) is 3.52. The second-order valence-corrected chi connectivity index (χ2v) is 6.86. The summed E-state index contributed by atoms with van der Waals surface area (Å²) in [5, 5.41) is 2.71. The van der Waals surface area contributed by atoms with Crippen molar-refractivity contribution < 1.29 is 19.1 Å². The van der Waals surface area contributed by atoms with E-state index in [0.29, 0.717) is 39.0 Å². The van der Waals surface area contributed by atoms with Crippen molar-refractivity contribution in [3.63, 3.8) is 0 Å². The van der Waals surface area contributed by atoms with E-state index < -0.39 is 6.04 Å². The van der Waals surface area contributed by atoms with Gasteiger partial charge in [-0.05, 0) is 19.4 Å². The summed E-state index contributed by atoms with van der Waals surface area (Å²) in [6.45, 7) is 4.02. The number of aryl methyl sites for hydroxylation is 1. The summed E-state index contributed by atoms with van der Waals surface area (Å²) >= 11 is 0. The molecule has 1 unspecified atom stereocenters. The number of nitrogens with zero attached hydrogens (tertiary/aromatic N) is 2. The first-order chi connectivity index (χ1) is 12.5. The lowest BCUT2D eigenvalue weighted by Gasteiger charge is -2.36. The highest BCUT2D eigenvalue weighted by Gasteiger charge is 2.33. The average molecular weight is 359 g/mol. The largest absolute Gasteiger partial charge is 0.496 e. The van der Waals surface area contributed by atoms with Gasteiger partial charge in [-0.1, -0.05) is 17.7 Å². The summed E-state index contributed by atoms with van der Waals surface area (Å²) in [6, 6.07) is 5.41. The molecule has 1 N–H and O–H groups in total. The Bertz CT molecular complexity index is 711. The molecule has 1 atom stereocenters. The van der Waals surface area contributed by atoms with E-state index >= 15 is 0 Å². The minimum absolute atomic E-state index is 0.0372. The molecule has 2 aliphatic heterocycles. The topological polar surface area (TPSA) is 79.0 Å². The van der Waals surface area contributed by atoms with E-state index in [0.717, 1.165) is 16.9 Å². The number of methoxy groups -OCH3 is 1. The van der Waals surface area contributed by atoms with Crippen molar-refractivity contribution in [1.29, 1.82) is 0 Å². The molecule has 1 aromatic rings. The van der Waals surface area contributed by atoms with Gasteiger partial charge in [0.1, 0.15) is 11.8 Å². The van der Waals surface area contributed by atoms with Crippen molar-refractivity contribution >= 4 is 17.7 Å². The van der Waals surface area contributed by atoms with Crippen LogP contribution in [0.5, 0.6) is 5.75 Å². The molecule has 3 rings (SSSR count). The lowest BCUT2D eigenvalue weighted by Crippen LogP contribution is -2.54. The van der Waals surface area contributed by atoms with E-state index in [1.807, 2.05) is 25.1 Å². The molecule has 1 aromatic carbocycles. The number of amides is 3. The first kappa shape index (κ1) is 18.2. The van der Waals surface area contributed by atoms with Gasteiger partial charge in [-0.3, -0.25) is 14.4 Å². The van der Waals surface area contributed by atoms with Gasteiger partial charge < -0.3 is 19.9 Å². The molecule has 2 fully saturated rings. The second kappa shape index (κ2) is 7.76. The predicted octanol–water partition coefficient (Wildman–Crippen LogP) is 0.496. The lowest BCUT2D eigenvalue weighted by atomic mass is 10.1. The zero-order valence-electron chi connectivity index (χ0n) is 15.3. The van der Waals surface area contributed by atoms with Crippen LogP contribution in [-0.2, 0) is 20.8 Å². The van der Waals surface area contributed by atoms with E-state index in [4.69, 9.17) is 4.74 Å². The molecule has 7 nitrogen and oxygen atoms in total. The van der Waals surface area contributed by atoms with Crippen LogP contribution in [0, 0.1) is 6.92 Å². The number of nitrogens with one attached hydrogen (secondary N) is 1. The Morgan fingerprint density at radius 2 is 1.88 bits per heavy atom. The van der Waals surface area contributed by atoms with Crippen LogP contribution in [0.3, 0.4) is 0 Å². The molecule has 2 saturated heterocycles. The van der Waals surface area contributed by atoms with Crippen LogP contribution in [0.15, 0.2) is 18.2 Å². The Morgan fingerprint density at radius 3 is 2.50 bits per heavy atom. The van der Waals surface area contributed by atoms with E-state index in [9.17, 15) is 14.4 Å². The van der Waals surface area contributed by atoms with Crippen molar-refractivity contribution in [3.05, 3.63) is 29.3 Å². The fraction of sp³-hybridized carbons (Fsp3) is 0.526. The highest BCUT2D eigenvalue weighted by molar-refractivity contribution is 5.91. The third-order valence-electron chi connectivity index (χ3n) is 5.02. The highest BCUT2D eigenvalue weighted by atomic mass is 16.5. The van der Waals surface area contributed by atoms with Gasteiger partial charge in [0.2, 0.25) is 17.7 Å². The summed E-state index contributed by atoms with van der Waals surface area (Å²) in [5.41, 5.74) is 1.97. The Morgan fingerprint density at radius 1 is 1.19 bits per heavy atom. The number of rotatable bonds is 4. The number of ether oxygens (including phenoxy) is 1. The van der Waals surface area contributed by atoms with Gasteiger partial charge >= 0.3 is 0 Å². The monoisotopic (exact) mass is 359 g/mol. The third kappa shape index (κ3) is 3.98. The minimum atomic E-state index is -0.402. The van der Waals surface area contributed by atoms with Crippen molar-refractivity contribution in [2.45, 2.75) is 32.2 Å². The molecular weight excluding hydrogens is 334 g/mol. The van der Waals surface area contributed by atoms with Crippen LogP contribution in [0.1, 0.15) is 24.0 Å². The molecular formula is C19H25N3O4. The van der Waals surface area contributed by atoms with Crippen LogP contribution in [0.25, 0.3) is 0 Å². The normalized spacial score (nSPS) is 20.1. The third-order valence-corrected chi connectivity index (χ3v) is 5.02. The van der Waals surface area contributed by atoms with Crippen LogP contribution in [0.2, 0.25) is 0 Å². The molecule has 0 aromatic heterocycles. The Hall–Kier alpha value is -2.57. The van der Waals surface area contributed by atoms with Crippen molar-refractivity contribution in [3.8, 4) is 5.75 Å². The summed E-state index contributed by atoms with van der Waals surface area (Å²) in [7, 11) is 1.60. The van der Waals surface area contributed by atoms with Gasteiger partial charge in [0.15, 0.2) is 0 Å². The number of carbonyl (C=O) groups is 3. The predicted molar refractivity (Wildman–Crippen MR) is 95.8 cm³/mol. The first-order valence-electron chi connectivity index (χ1n) is 8.97. The molecule has 3 amide bonds. The van der Waals surface area contributed by atoms with Crippen LogP contribution in [0.4, 0.5) is 0 Å². The SMILES string of the molecule is COc1ccc(C)cc1CC(=O)N1CCN(C(=O)C2CCC(=O)N2)CC1. The van der Waals surface area contributed by atoms with Crippen molar-refractivity contribution in [1.82, 2.24) is 15.1 Å².